The molecule has 0 aliphatic carbocycles. The summed E-state index contributed by atoms with van der Waals surface area (Å²) in [7, 11) is -3.78. The number of carbonyl (C=O) groups excluding carboxylic acids is 2. The summed E-state index contributed by atoms with van der Waals surface area (Å²) in [5.74, 6) is -0.502. The van der Waals surface area contributed by atoms with Gasteiger partial charge in [0.2, 0.25) is 10.0 Å². The second-order valence-corrected chi connectivity index (χ2v) is 10.9. The van der Waals surface area contributed by atoms with E-state index in [9.17, 15) is 18.0 Å². The number of sulfonamides is 1. The van der Waals surface area contributed by atoms with Crippen molar-refractivity contribution in [1.82, 2.24) is 9.62 Å². The number of benzene rings is 1. The number of morpholine rings is 1. The fraction of sp³-hybridized carbons (Fsp3) is 0.652. The minimum Gasteiger partial charge on any atom is -0.452 e. The summed E-state index contributed by atoms with van der Waals surface area (Å²) < 4.78 is 38.1. The van der Waals surface area contributed by atoms with Gasteiger partial charge in [0.15, 0.2) is 6.61 Å². The number of rotatable bonds is 10. The molecule has 0 spiro atoms. The minimum absolute atomic E-state index is 0.00766. The summed E-state index contributed by atoms with van der Waals surface area (Å²) in [6, 6.07) is 5.69. The topological polar surface area (TPSA) is 102 Å². The molecule has 32 heavy (non-hydrogen) atoms. The summed E-state index contributed by atoms with van der Waals surface area (Å²) in [6.07, 6.45) is 2.54. The molecule has 3 unspecified atom stereocenters. The zero-order valence-corrected chi connectivity index (χ0v) is 20.5. The summed E-state index contributed by atoms with van der Waals surface area (Å²) in [5, 5.41) is 2.82. The van der Waals surface area contributed by atoms with Crippen LogP contribution in [0.25, 0.3) is 0 Å². The quantitative estimate of drug-likeness (QED) is 0.530. The summed E-state index contributed by atoms with van der Waals surface area (Å²) in [5.41, 5.74) is 0.0817. The normalized spacial score (nSPS) is 20.7. The molecule has 0 bridgehead atoms. The molecule has 0 radical (unpaired) electrons. The Kier molecular flexibility index (Phi) is 9.66. The second-order valence-electron chi connectivity index (χ2n) is 8.98. The van der Waals surface area contributed by atoms with Crippen LogP contribution < -0.4 is 5.32 Å². The smallest absolute Gasteiger partial charge is 0.338 e. The van der Waals surface area contributed by atoms with Crippen molar-refractivity contribution >= 4 is 21.9 Å². The van der Waals surface area contributed by atoms with Gasteiger partial charge < -0.3 is 14.8 Å². The van der Waals surface area contributed by atoms with Crippen LogP contribution in [-0.2, 0) is 24.3 Å². The average Bonchev–Trinajstić information content (AvgIpc) is 2.71. The third-order valence-corrected chi connectivity index (χ3v) is 7.08. The third kappa shape index (κ3) is 7.86. The lowest BCUT2D eigenvalue weighted by Crippen LogP contribution is -2.48. The van der Waals surface area contributed by atoms with E-state index in [1.165, 1.54) is 28.6 Å². The lowest BCUT2D eigenvalue weighted by Gasteiger charge is -2.34. The predicted molar refractivity (Wildman–Crippen MR) is 122 cm³/mol. The number of hydrogen-bond acceptors (Lipinski definition) is 6. The summed E-state index contributed by atoms with van der Waals surface area (Å²) in [6.45, 7) is 9.96. The van der Waals surface area contributed by atoms with E-state index in [2.05, 4.69) is 19.2 Å². The van der Waals surface area contributed by atoms with Gasteiger partial charge in [-0.2, -0.15) is 4.31 Å². The maximum absolute atomic E-state index is 13.0. The Morgan fingerprint density at radius 2 is 1.81 bits per heavy atom. The van der Waals surface area contributed by atoms with Gasteiger partial charge in [-0.25, -0.2) is 13.2 Å². The molecular weight excluding hydrogens is 432 g/mol. The number of hydrogen-bond donors (Lipinski definition) is 1. The number of ether oxygens (including phenoxy) is 2. The first-order valence-corrected chi connectivity index (χ1v) is 12.6. The van der Waals surface area contributed by atoms with Crippen molar-refractivity contribution in [3.8, 4) is 0 Å². The van der Waals surface area contributed by atoms with Crippen molar-refractivity contribution in [2.24, 2.45) is 5.92 Å². The Labute approximate surface area is 191 Å². The highest BCUT2D eigenvalue weighted by Gasteiger charge is 2.32. The number of amides is 1. The molecule has 1 aromatic carbocycles. The van der Waals surface area contributed by atoms with Crippen molar-refractivity contribution in [2.45, 2.75) is 77.0 Å². The molecular formula is C23H36N2O6S. The van der Waals surface area contributed by atoms with Crippen molar-refractivity contribution in [2.75, 3.05) is 19.7 Å². The van der Waals surface area contributed by atoms with Gasteiger partial charge in [-0.05, 0) is 51.3 Å². The number of nitrogens with one attached hydrogen (secondary N) is 1. The standard InChI is InChI=1S/C23H36N2O6S/c1-16(2)8-6-9-17(3)24-22(26)15-30-23(27)20-10-7-11-21(12-20)32(28,29)25-13-18(4)31-19(5)14-25/h7,10-12,16-19H,6,8-9,13-15H2,1-5H3,(H,24,26). The molecule has 1 saturated heterocycles. The lowest BCUT2D eigenvalue weighted by molar-refractivity contribution is -0.124. The van der Waals surface area contributed by atoms with Crippen LogP contribution in [0.4, 0.5) is 0 Å². The summed E-state index contributed by atoms with van der Waals surface area (Å²) >= 11 is 0. The largest absolute Gasteiger partial charge is 0.452 e. The zero-order valence-electron chi connectivity index (χ0n) is 19.7. The van der Waals surface area contributed by atoms with Gasteiger partial charge >= 0.3 is 5.97 Å². The van der Waals surface area contributed by atoms with Crippen molar-refractivity contribution in [3.05, 3.63) is 29.8 Å². The Morgan fingerprint density at radius 3 is 2.44 bits per heavy atom. The minimum atomic E-state index is -3.78. The molecule has 1 N–H and O–H groups in total. The first-order chi connectivity index (χ1) is 15.0. The van der Waals surface area contributed by atoms with Crippen LogP contribution in [0.2, 0.25) is 0 Å². The molecule has 1 aliphatic heterocycles. The Hall–Kier alpha value is -1.97. The van der Waals surface area contributed by atoms with Gasteiger partial charge in [0.1, 0.15) is 0 Å². The monoisotopic (exact) mass is 468 g/mol. The highest BCUT2D eigenvalue weighted by Crippen LogP contribution is 2.22. The van der Waals surface area contributed by atoms with Crippen molar-refractivity contribution in [3.63, 3.8) is 0 Å². The lowest BCUT2D eigenvalue weighted by atomic mass is 10.0. The predicted octanol–water partition coefficient (Wildman–Crippen LogP) is 2.97. The first-order valence-electron chi connectivity index (χ1n) is 11.2. The molecule has 2 rings (SSSR count). The van der Waals surface area contributed by atoms with Gasteiger partial charge in [0.05, 0.1) is 22.7 Å². The van der Waals surface area contributed by atoms with Crippen LogP contribution >= 0.6 is 0 Å². The van der Waals surface area contributed by atoms with Crippen LogP contribution in [-0.4, -0.2) is 62.5 Å². The zero-order chi connectivity index (χ0) is 23.9. The van der Waals surface area contributed by atoms with Gasteiger partial charge in [-0.3, -0.25) is 4.79 Å². The second kappa shape index (κ2) is 11.8. The van der Waals surface area contributed by atoms with Crippen molar-refractivity contribution < 1.29 is 27.5 Å². The van der Waals surface area contributed by atoms with Crippen molar-refractivity contribution in [1.29, 1.82) is 0 Å². The molecule has 3 atom stereocenters. The van der Waals surface area contributed by atoms with E-state index in [-0.39, 0.29) is 47.7 Å². The Morgan fingerprint density at radius 1 is 1.16 bits per heavy atom. The molecule has 8 nitrogen and oxygen atoms in total. The molecule has 180 valence electrons. The molecule has 9 heteroatoms. The van der Waals surface area contributed by atoms with Crippen LogP contribution in [0.1, 0.15) is 64.2 Å². The first kappa shape index (κ1) is 26.3. The Balaban J connectivity index is 1.93. The van der Waals surface area contributed by atoms with Gasteiger partial charge in [-0.15, -0.1) is 0 Å². The third-order valence-electron chi connectivity index (χ3n) is 5.25. The van der Waals surface area contributed by atoms with Gasteiger partial charge in [-0.1, -0.05) is 32.8 Å². The fourth-order valence-electron chi connectivity index (χ4n) is 3.69. The van der Waals surface area contributed by atoms with Crippen LogP contribution in [0.15, 0.2) is 29.2 Å². The SMILES string of the molecule is CC(C)CCCC(C)NC(=O)COC(=O)c1cccc(S(=O)(=O)N2CC(C)OC(C)C2)c1. The molecule has 0 aromatic heterocycles. The molecule has 0 saturated carbocycles. The van der Waals surface area contributed by atoms with Crippen LogP contribution in [0, 0.1) is 5.92 Å². The fourth-order valence-corrected chi connectivity index (χ4v) is 5.33. The van der Waals surface area contributed by atoms with Gasteiger partial charge in [0, 0.05) is 19.1 Å². The number of esters is 1. The van der Waals surface area contributed by atoms with E-state index < -0.39 is 22.6 Å². The molecule has 1 fully saturated rings. The summed E-state index contributed by atoms with van der Waals surface area (Å²) in [4.78, 5) is 24.5. The Bertz CT molecular complexity index is 876. The number of carbonyl (C=O) groups is 2. The van der Waals surface area contributed by atoms with E-state index in [4.69, 9.17) is 9.47 Å². The van der Waals surface area contributed by atoms with E-state index in [1.54, 1.807) is 0 Å². The van der Waals surface area contributed by atoms with E-state index >= 15 is 0 Å². The van der Waals surface area contributed by atoms with E-state index in [0.717, 1.165) is 19.3 Å². The van der Waals surface area contributed by atoms with Crippen LogP contribution in [0.3, 0.4) is 0 Å². The number of nitrogens with zero attached hydrogens (tertiary/aromatic N) is 1. The van der Waals surface area contributed by atoms with E-state index in [0.29, 0.717) is 5.92 Å². The maximum atomic E-state index is 13.0. The highest BCUT2D eigenvalue weighted by molar-refractivity contribution is 7.89. The molecule has 1 aliphatic rings. The van der Waals surface area contributed by atoms with Gasteiger partial charge in [0.25, 0.3) is 5.91 Å². The highest BCUT2D eigenvalue weighted by atomic mass is 32.2. The molecule has 1 aromatic rings. The van der Waals surface area contributed by atoms with Crippen LogP contribution in [0.5, 0.6) is 0 Å². The average molecular weight is 469 g/mol. The maximum Gasteiger partial charge on any atom is 0.338 e. The molecule has 1 heterocycles. The van der Waals surface area contributed by atoms with E-state index in [1.807, 2.05) is 20.8 Å². The molecule has 1 amide bonds.